The second-order valence-electron chi connectivity index (χ2n) is 9.19. The van der Waals surface area contributed by atoms with Gasteiger partial charge in [0.2, 0.25) is 0 Å². The Balaban J connectivity index is 1.76. The lowest BCUT2D eigenvalue weighted by molar-refractivity contribution is 0.0125. The van der Waals surface area contributed by atoms with Crippen LogP contribution in [0.2, 0.25) is 0 Å². The van der Waals surface area contributed by atoms with Crippen LogP contribution in [0, 0.1) is 0 Å². The summed E-state index contributed by atoms with van der Waals surface area (Å²) in [5, 5.41) is 1.97. The molecule has 0 aromatic heterocycles. The van der Waals surface area contributed by atoms with Crippen molar-refractivity contribution >= 4 is 22.4 Å². The van der Waals surface area contributed by atoms with Gasteiger partial charge in [-0.05, 0) is 63.4 Å². The maximum atomic E-state index is 13.5. The van der Waals surface area contributed by atoms with Crippen LogP contribution in [-0.2, 0) is 10.3 Å². The highest BCUT2D eigenvalue weighted by atomic mass is 16.6. The topological polar surface area (TPSA) is 38.8 Å². The third-order valence-corrected chi connectivity index (χ3v) is 6.78. The van der Waals surface area contributed by atoms with E-state index < -0.39 is 5.60 Å². The van der Waals surface area contributed by atoms with E-state index in [0.717, 1.165) is 52.0 Å². The Morgan fingerprint density at radius 3 is 2.03 bits per heavy atom. The zero-order chi connectivity index (χ0) is 24.6. The van der Waals surface area contributed by atoms with E-state index in [1.165, 1.54) is 0 Å². The van der Waals surface area contributed by atoms with Gasteiger partial charge in [-0.25, -0.2) is 4.79 Å². The Kier molecular flexibility index (Phi) is 5.98. The fourth-order valence-corrected chi connectivity index (χ4v) is 5.19. The Labute approximate surface area is 207 Å². The predicted octanol–water partition coefficient (Wildman–Crippen LogP) is 6.94. The number of carbonyl (C=O) groups excluding carboxylic acids is 1. The molecule has 0 fully saturated rings. The Hall–Kier alpha value is -3.79. The summed E-state index contributed by atoms with van der Waals surface area (Å²) in [6, 6.07) is 28.3. The van der Waals surface area contributed by atoms with E-state index in [0.29, 0.717) is 5.56 Å². The van der Waals surface area contributed by atoms with Gasteiger partial charge in [0.1, 0.15) is 5.75 Å². The molecule has 1 aliphatic heterocycles. The Morgan fingerprint density at radius 1 is 0.829 bits per heavy atom. The van der Waals surface area contributed by atoms with Gasteiger partial charge < -0.3 is 14.4 Å². The highest BCUT2D eigenvalue weighted by molar-refractivity contribution is 6.09. The molecule has 4 aromatic carbocycles. The lowest BCUT2D eigenvalue weighted by Gasteiger charge is -2.39. The molecule has 4 heteroatoms. The minimum Gasteiger partial charge on any atom is -0.491 e. The number of nitrogens with zero attached hydrogens (tertiary/aromatic N) is 1. The molecule has 1 unspecified atom stereocenters. The molecule has 5 rings (SSSR count). The molecule has 4 aromatic rings. The number of anilines is 1. The molecule has 0 amide bonds. The first-order valence-corrected chi connectivity index (χ1v) is 12.4. The van der Waals surface area contributed by atoms with Crippen molar-refractivity contribution in [3.8, 4) is 5.75 Å². The molecule has 0 N–H and O–H groups in total. The average Bonchev–Trinajstić information content (AvgIpc) is 2.87. The lowest BCUT2D eigenvalue weighted by Crippen LogP contribution is -2.38. The summed E-state index contributed by atoms with van der Waals surface area (Å²) >= 11 is 0. The lowest BCUT2D eigenvalue weighted by atomic mass is 9.75. The standard InChI is InChI=1S/C31H31NO3/c1-5-32(6-2)25-17-13-23(14-18-25)31(24-15-19-26(20-16-24)34-21(3)4)28-12-8-10-22-9-7-11-27(29(22)28)30(33)35-31/h7-21H,5-6H2,1-4H3. The fourth-order valence-electron chi connectivity index (χ4n) is 5.19. The predicted molar refractivity (Wildman–Crippen MR) is 141 cm³/mol. The normalized spacial score (nSPS) is 16.9. The highest BCUT2D eigenvalue weighted by Crippen LogP contribution is 2.48. The molecule has 0 aliphatic carbocycles. The Bertz CT molecular complexity index is 1350. The molecule has 0 bridgehead atoms. The highest BCUT2D eigenvalue weighted by Gasteiger charge is 2.45. The number of benzene rings is 4. The van der Waals surface area contributed by atoms with E-state index in [4.69, 9.17) is 9.47 Å². The maximum Gasteiger partial charge on any atom is 0.340 e. The monoisotopic (exact) mass is 465 g/mol. The smallest absolute Gasteiger partial charge is 0.340 e. The molecule has 0 saturated carbocycles. The van der Waals surface area contributed by atoms with E-state index in [2.05, 4.69) is 61.2 Å². The summed E-state index contributed by atoms with van der Waals surface area (Å²) in [6.45, 7) is 10.2. The molecular weight excluding hydrogens is 434 g/mol. The first-order chi connectivity index (χ1) is 17.0. The number of cyclic esters (lactones) is 1. The van der Waals surface area contributed by atoms with Crippen LogP contribution in [0.1, 0.15) is 54.7 Å². The molecule has 178 valence electrons. The Morgan fingerprint density at radius 2 is 1.43 bits per heavy atom. The van der Waals surface area contributed by atoms with Crippen LogP contribution in [0.3, 0.4) is 0 Å². The molecule has 1 heterocycles. The van der Waals surface area contributed by atoms with E-state index >= 15 is 0 Å². The van der Waals surface area contributed by atoms with Gasteiger partial charge in [-0.1, -0.05) is 54.6 Å². The molecular formula is C31H31NO3. The quantitative estimate of drug-likeness (QED) is 0.277. The third kappa shape index (κ3) is 3.83. The molecule has 0 spiro atoms. The van der Waals surface area contributed by atoms with Gasteiger partial charge in [0.25, 0.3) is 0 Å². The number of carbonyl (C=O) groups is 1. The summed E-state index contributed by atoms with van der Waals surface area (Å²) in [6.07, 6.45) is 0.0792. The van der Waals surface area contributed by atoms with E-state index in [1.54, 1.807) is 0 Å². The van der Waals surface area contributed by atoms with Crippen molar-refractivity contribution in [2.24, 2.45) is 0 Å². The van der Waals surface area contributed by atoms with Crippen LogP contribution >= 0.6 is 0 Å². The van der Waals surface area contributed by atoms with Crippen molar-refractivity contribution in [2.45, 2.75) is 39.4 Å². The summed E-state index contributed by atoms with van der Waals surface area (Å²) in [5.41, 5.74) is 3.46. The van der Waals surface area contributed by atoms with Crippen molar-refractivity contribution < 1.29 is 14.3 Å². The van der Waals surface area contributed by atoms with E-state index in [-0.39, 0.29) is 12.1 Å². The van der Waals surface area contributed by atoms with Crippen LogP contribution in [0.5, 0.6) is 5.75 Å². The van der Waals surface area contributed by atoms with Crippen LogP contribution < -0.4 is 9.64 Å². The van der Waals surface area contributed by atoms with Crippen molar-refractivity contribution in [2.75, 3.05) is 18.0 Å². The fraction of sp³-hybridized carbons (Fsp3) is 0.258. The minimum atomic E-state index is -1.07. The average molecular weight is 466 g/mol. The minimum absolute atomic E-state index is 0.0792. The van der Waals surface area contributed by atoms with Crippen LogP contribution in [0.15, 0.2) is 84.9 Å². The summed E-state index contributed by atoms with van der Waals surface area (Å²) in [4.78, 5) is 15.8. The second-order valence-corrected chi connectivity index (χ2v) is 9.19. The number of ether oxygens (including phenoxy) is 2. The van der Waals surface area contributed by atoms with Gasteiger partial charge in [-0.3, -0.25) is 0 Å². The summed E-state index contributed by atoms with van der Waals surface area (Å²) in [5.74, 6) is 0.473. The van der Waals surface area contributed by atoms with Gasteiger partial charge >= 0.3 is 5.97 Å². The van der Waals surface area contributed by atoms with Crippen LogP contribution in [0.4, 0.5) is 5.69 Å². The zero-order valence-corrected chi connectivity index (χ0v) is 20.7. The van der Waals surface area contributed by atoms with Gasteiger partial charge in [0, 0.05) is 40.9 Å². The zero-order valence-electron chi connectivity index (χ0n) is 20.7. The third-order valence-electron chi connectivity index (χ3n) is 6.78. The van der Waals surface area contributed by atoms with Crippen LogP contribution in [0.25, 0.3) is 10.8 Å². The van der Waals surface area contributed by atoms with Crippen molar-refractivity contribution in [1.29, 1.82) is 0 Å². The molecule has 1 atom stereocenters. The molecule has 35 heavy (non-hydrogen) atoms. The van der Waals surface area contributed by atoms with Crippen molar-refractivity contribution in [3.63, 3.8) is 0 Å². The summed E-state index contributed by atoms with van der Waals surface area (Å²) < 4.78 is 12.3. The molecule has 1 aliphatic rings. The van der Waals surface area contributed by atoms with Gasteiger partial charge in [0.15, 0.2) is 5.60 Å². The molecule has 4 nitrogen and oxygen atoms in total. The molecule has 0 radical (unpaired) electrons. The number of hydrogen-bond donors (Lipinski definition) is 0. The van der Waals surface area contributed by atoms with Crippen LogP contribution in [-0.4, -0.2) is 25.2 Å². The number of esters is 1. The van der Waals surface area contributed by atoms with E-state index in [9.17, 15) is 4.79 Å². The number of rotatable bonds is 7. The largest absolute Gasteiger partial charge is 0.491 e. The maximum absolute atomic E-state index is 13.5. The van der Waals surface area contributed by atoms with E-state index in [1.807, 2.05) is 56.3 Å². The van der Waals surface area contributed by atoms with Gasteiger partial charge in [-0.2, -0.15) is 0 Å². The van der Waals surface area contributed by atoms with Crippen molar-refractivity contribution in [3.05, 3.63) is 107 Å². The summed E-state index contributed by atoms with van der Waals surface area (Å²) in [7, 11) is 0. The first-order valence-electron chi connectivity index (χ1n) is 12.4. The molecule has 0 saturated heterocycles. The van der Waals surface area contributed by atoms with Gasteiger partial charge in [-0.15, -0.1) is 0 Å². The first kappa shape index (κ1) is 23.0. The number of hydrogen-bond acceptors (Lipinski definition) is 4. The SMILES string of the molecule is CCN(CC)c1ccc(C2(c3ccc(OC(C)C)cc3)OC(=O)c3cccc4cccc2c34)cc1. The van der Waals surface area contributed by atoms with Crippen molar-refractivity contribution in [1.82, 2.24) is 0 Å². The second kappa shape index (κ2) is 9.10. The van der Waals surface area contributed by atoms with Gasteiger partial charge in [0.05, 0.1) is 11.7 Å².